The number of carbonyl (C=O) groups excluding carboxylic acids is 1. The molecule has 0 saturated carbocycles. The molecule has 0 bridgehead atoms. The van der Waals surface area contributed by atoms with Gasteiger partial charge in [0.1, 0.15) is 5.82 Å². The lowest BCUT2D eigenvalue weighted by Crippen LogP contribution is -2.36. The first-order chi connectivity index (χ1) is 15.1. The molecule has 3 N–H and O–H groups in total. The number of nitrogens with zero attached hydrogens (tertiary/aromatic N) is 5. The molecule has 168 valence electrons. The molecule has 2 aromatic rings. The Morgan fingerprint density at radius 2 is 2.13 bits per heavy atom. The average molecular weight is 538 g/mol. The number of rotatable bonds is 8. The fourth-order valence-corrected chi connectivity index (χ4v) is 4.56. The molecular weight excluding hydrogens is 507 g/mol. The molecule has 4 rings (SSSR count). The van der Waals surface area contributed by atoms with Gasteiger partial charge in [0.05, 0.1) is 21.0 Å². The van der Waals surface area contributed by atoms with E-state index in [-0.39, 0.29) is 5.91 Å². The largest absolute Gasteiger partial charge is 0.369 e. The van der Waals surface area contributed by atoms with Crippen molar-refractivity contribution in [2.75, 3.05) is 43.4 Å². The molecule has 0 radical (unpaired) electrons. The summed E-state index contributed by atoms with van der Waals surface area (Å²) >= 11 is 2.24. The second-order valence-corrected chi connectivity index (χ2v) is 9.38. The molecule has 0 aliphatic carbocycles. The SMILES string of the molecule is Cc1nn(C2CCNCC2)cc1Nc1ncc(I)c(NCCCN2CCCCC2=O)n1. The van der Waals surface area contributed by atoms with Crippen LogP contribution < -0.4 is 16.0 Å². The lowest BCUT2D eigenvalue weighted by atomic mass is 10.1. The van der Waals surface area contributed by atoms with Gasteiger partial charge in [0.25, 0.3) is 0 Å². The fraction of sp³-hybridized carbons (Fsp3) is 0.619. The van der Waals surface area contributed by atoms with Crippen molar-refractivity contribution in [3.05, 3.63) is 21.7 Å². The van der Waals surface area contributed by atoms with Crippen molar-refractivity contribution in [3.63, 3.8) is 0 Å². The van der Waals surface area contributed by atoms with Crippen LogP contribution >= 0.6 is 22.6 Å². The maximum atomic E-state index is 11.9. The maximum absolute atomic E-state index is 11.9. The molecule has 2 aliphatic rings. The molecule has 31 heavy (non-hydrogen) atoms. The van der Waals surface area contributed by atoms with Crippen LogP contribution in [-0.4, -0.2) is 63.3 Å². The van der Waals surface area contributed by atoms with E-state index in [0.717, 1.165) is 85.6 Å². The Morgan fingerprint density at radius 1 is 1.29 bits per heavy atom. The van der Waals surface area contributed by atoms with E-state index in [9.17, 15) is 4.79 Å². The zero-order valence-corrected chi connectivity index (χ0v) is 20.2. The summed E-state index contributed by atoms with van der Waals surface area (Å²) in [6.07, 6.45) is 9.81. The minimum atomic E-state index is 0.287. The van der Waals surface area contributed by atoms with E-state index < -0.39 is 0 Å². The number of aryl methyl sites for hydroxylation is 1. The molecule has 4 heterocycles. The fourth-order valence-electron chi connectivity index (χ4n) is 4.11. The summed E-state index contributed by atoms with van der Waals surface area (Å²) in [5.41, 5.74) is 1.88. The third-order valence-electron chi connectivity index (χ3n) is 5.91. The summed E-state index contributed by atoms with van der Waals surface area (Å²) in [5, 5.41) is 14.8. The number of piperidine rings is 2. The van der Waals surface area contributed by atoms with Crippen molar-refractivity contribution in [2.24, 2.45) is 0 Å². The summed E-state index contributed by atoms with van der Waals surface area (Å²) in [4.78, 5) is 23.0. The molecule has 2 saturated heterocycles. The second-order valence-electron chi connectivity index (χ2n) is 8.22. The molecule has 2 fully saturated rings. The number of amides is 1. The molecule has 0 spiro atoms. The average Bonchev–Trinajstić information content (AvgIpc) is 3.15. The maximum Gasteiger partial charge on any atom is 0.229 e. The van der Waals surface area contributed by atoms with Gasteiger partial charge >= 0.3 is 0 Å². The third-order valence-corrected chi connectivity index (χ3v) is 6.70. The van der Waals surface area contributed by atoms with Crippen LogP contribution in [0, 0.1) is 10.5 Å². The number of likely N-dealkylation sites (tertiary alicyclic amines) is 1. The number of aromatic nitrogens is 4. The number of nitrogens with one attached hydrogen (secondary N) is 3. The highest BCUT2D eigenvalue weighted by Gasteiger charge is 2.19. The van der Waals surface area contributed by atoms with E-state index in [0.29, 0.717) is 18.4 Å². The monoisotopic (exact) mass is 538 g/mol. The minimum absolute atomic E-state index is 0.287. The Labute approximate surface area is 196 Å². The summed E-state index contributed by atoms with van der Waals surface area (Å²) in [6.45, 7) is 6.54. The molecule has 10 heteroatoms. The summed E-state index contributed by atoms with van der Waals surface area (Å²) in [7, 11) is 0. The number of anilines is 3. The Balaban J connectivity index is 1.33. The second kappa shape index (κ2) is 10.6. The Kier molecular flexibility index (Phi) is 7.59. The summed E-state index contributed by atoms with van der Waals surface area (Å²) in [6, 6.07) is 0.442. The van der Waals surface area contributed by atoms with Crippen LogP contribution in [0.3, 0.4) is 0 Å². The topological polar surface area (TPSA) is 100 Å². The number of hydrogen-bond acceptors (Lipinski definition) is 7. The number of halogens is 1. The van der Waals surface area contributed by atoms with E-state index in [1.807, 2.05) is 18.0 Å². The molecule has 1 amide bonds. The van der Waals surface area contributed by atoms with Gasteiger partial charge in [0, 0.05) is 38.4 Å². The van der Waals surface area contributed by atoms with Crippen LogP contribution in [0.25, 0.3) is 0 Å². The van der Waals surface area contributed by atoms with Gasteiger partial charge in [-0.05, 0) is 74.7 Å². The molecule has 0 aromatic carbocycles. The molecule has 9 nitrogen and oxygen atoms in total. The number of hydrogen-bond donors (Lipinski definition) is 3. The van der Waals surface area contributed by atoms with Crippen molar-refractivity contribution < 1.29 is 4.79 Å². The zero-order valence-electron chi connectivity index (χ0n) is 18.0. The lowest BCUT2D eigenvalue weighted by molar-refractivity contribution is -0.133. The highest BCUT2D eigenvalue weighted by atomic mass is 127. The Bertz CT molecular complexity index is 896. The van der Waals surface area contributed by atoms with Crippen LogP contribution in [0.4, 0.5) is 17.5 Å². The molecular formula is C21H31IN8O. The third kappa shape index (κ3) is 5.85. The number of carbonyl (C=O) groups is 1. The predicted molar refractivity (Wildman–Crippen MR) is 130 cm³/mol. The quantitative estimate of drug-likeness (QED) is 0.351. The molecule has 0 unspecified atom stereocenters. The van der Waals surface area contributed by atoms with Crippen LogP contribution in [0.1, 0.15) is 50.3 Å². The van der Waals surface area contributed by atoms with Crippen molar-refractivity contribution in [2.45, 2.75) is 51.5 Å². The van der Waals surface area contributed by atoms with Crippen LogP contribution in [0.15, 0.2) is 12.4 Å². The van der Waals surface area contributed by atoms with E-state index in [1.54, 1.807) is 0 Å². The summed E-state index contributed by atoms with van der Waals surface area (Å²) < 4.78 is 3.05. The van der Waals surface area contributed by atoms with Gasteiger partial charge in [0.15, 0.2) is 0 Å². The first-order valence-corrected chi connectivity index (χ1v) is 12.3. The first-order valence-electron chi connectivity index (χ1n) is 11.2. The molecule has 2 aliphatic heterocycles. The van der Waals surface area contributed by atoms with Gasteiger partial charge in [-0.1, -0.05) is 0 Å². The highest BCUT2D eigenvalue weighted by Crippen LogP contribution is 2.25. The van der Waals surface area contributed by atoms with E-state index in [4.69, 9.17) is 5.10 Å². The van der Waals surface area contributed by atoms with Gasteiger partial charge < -0.3 is 20.9 Å². The van der Waals surface area contributed by atoms with Crippen LogP contribution in [0.5, 0.6) is 0 Å². The van der Waals surface area contributed by atoms with Crippen molar-refractivity contribution in [3.8, 4) is 0 Å². The smallest absolute Gasteiger partial charge is 0.229 e. The van der Waals surface area contributed by atoms with E-state index >= 15 is 0 Å². The van der Waals surface area contributed by atoms with Gasteiger partial charge in [-0.15, -0.1) is 0 Å². The molecule has 2 aromatic heterocycles. The van der Waals surface area contributed by atoms with Crippen molar-refractivity contribution in [1.29, 1.82) is 0 Å². The first kappa shape index (κ1) is 22.3. The Morgan fingerprint density at radius 3 is 2.94 bits per heavy atom. The predicted octanol–water partition coefficient (Wildman–Crippen LogP) is 3.07. The van der Waals surface area contributed by atoms with Gasteiger partial charge in [-0.3, -0.25) is 9.48 Å². The molecule has 0 atom stereocenters. The normalized spacial score (nSPS) is 17.7. The summed E-state index contributed by atoms with van der Waals surface area (Å²) in [5.74, 6) is 1.66. The van der Waals surface area contributed by atoms with Crippen molar-refractivity contribution in [1.82, 2.24) is 30.0 Å². The lowest BCUT2D eigenvalue weighted by Gasteiger charge is -2.26. The van der Waals surface area contributed by atoms with Crippen LogP contribution in [0.2, 0.25) is 0 Å². The minimum Gasteiger partial charge on any atom is -0.369 e. The standard InChI is InChI=1S/C21H31IN8O/c1-15-18(14-30(28-15)16-6-9-23-10-7-16)26-21-25-13-17(22)20(27-21)24-8-4-12-29-11-3-2-5-19(29)31/h13-14,16,23H,2-12H2,1H3,(H2,24,25,26,27). The highest BCUT2D eigenvalue weighted by molar-refractivity contribution is 14.1. The van der Waals surface area contributed by atoms with E-state index in [1.165, 1.54) is 0 Å². The van der Waals surface area contributed by atoms with Crippen LogP contribution in [-0.2, 0) is 4.79 Å². The van der Waals surface area contributed by atoms with Gasteiger partial charge in [0.2, 0.25) is 11.9 Å². The zero-order chi connectivity index (χ0) is 21.6. The Hall–Kier alpha value is -1.95. The van der Waals surface area contributed by atoms with E-state index in [2.05, 4.69) is 59.4 Å². The van der Waals surface area contributed by atoms with Gasteiger partial charge in [-0.2, -0.15) is 10.1 Å². The van der Waals surface area contributed by atoms with Crippen molar-refractivity contribution >= 4 is 46.0 Å². The van der Waals surface area contributed by atoms with Gasteiger partial charge in [-0.25, -0.2) is 4.98 Å².